The molecule has 0 spiro atoms. The van der Waals surface area contributed by atoms with E-state index in [0.29, 0.717) is 15.1 Å². The Balaban J connectivity index is 2.25. The number of alkyl halides is 2. The largest absolute Gasteiger partial charge is 0.317 e. The van der Waals surface area contributed by atoms with Crippen molar-refractivity contribution in [1.82, 2.24) is 20.2 Å². The number of hydrogen-bond donors (Lipinski definition) is 2. The lowest BCUT2D eigenvalue weighted by Crippen LogP contribution is -2.44. The summed E-state index contributed by atoms with van der Waals surface area (Å²) in [5.74, 6) is -2.41. The Morgan fingerprint density at radius 1 is 1.40 bits per heavy atom. The molecule has 2 aromatic heterocycles. The van der Waals surface area contributed by atoms with Crippen molar-refractivity contribution in [2.75, 3.05) is 0 Å². The van der Waals surface area contributed by atoms with E-state index in [1.165, 1.54) is 16.8 Å². The number of hydrazine groups is 1. The van der Waals surface area contributed by atoms with Gasteiger partial charge in [-0.3, -0.25) is 24.8 Å². The first kappa shape index (κ1) is 14.7. The van der Waals surface area contributed by atoms with Gasteiger partial charge < -0.3 is 0 Å². The van der Waals surface area contributed by atoms with Gasteiger partial charge in [-0.05, 0) is 22.0 Å². The van der Waals surface area contributed by atoms with E-state index >= 15 is 0 Å². The lowest BCUT2D eigenvalue weighted by Gasteiger charge is -2.06. The highest BCUT2D eigenvalue weighted by atomic mass is 79.9. The van der Waals surface area contributed by atoms with Crippen molar-refractivity contribution in [3.8, 4) is 0 Å². The van der Waals surface area contributed by atoms with Crippen LogP contribution < -0.4 is 10.9 Å². The third-order valence-electron chi connectivity index (χ3n) is 2.26. The predicted octanol–water partition coefficient (Wildman–Crippen LogP) is 1.78. The number of rotatable bonds is 2. The number of fused-ring (bicyclic) bond motifs is 1. The van der Waals surface area contributed by atoms with Crippen molar-refractivity contribution in [2.45, 2.75) is 6.43 Å². The normalized spacial score (nSPS) is 10.8. The number of halogens is 4. The summed E-state index contributed by atoms with van der Waals surface area (Å²) in [5, 5.41) is 0.301. The van der Waals surface area contributed by atoms with Crippen LogP contribution >= 0.6 is 27.5 Å². The fraction of sp³-hybridized carbons (Fsp3) is 0.100. The molecule has 0 unspecified atom stereocenters. The van der Waals surface area contributed by atoms with Crippen molar-refractivity contribution >= 4 is 45.0 Å². The quantitative estimate of drug-likeness (QED) is 0.795. The molecule has 0 aliphatic carbocycles. The van der Waals surface area contributed by atoms with Gasteiger partial charge in [-0.25, -0.2) is 4.98 Å². The summed E-state index contributed by atoms with van der Waals surface area (Å²) in [6, 6.07) is 1.59. The number of imidazole rings is 1. The second kappa shape index (κ2) is 5.71. The predicted molar refractivity (Wildman–Crippen MR) is 69.5 cm³/mol. The van der Waals surface area contributed by atoms with E-state index in [0.717, 1.165) is 0 Å². The third kappa shape index (κ3) is 2.88. The molecule has 20 heavy (non-hydrogen) atoms. The molecule has 0 radical (unpaired) electrons. The van der Waals surface area contributed by atoms with E-state index in [1.54, 1.807) is 11.5 Å². The lowest BCUT2D eigenvalue weighted by atomic mass is 10.4. The van der Waals surface area contributed by atoms with Gasteiger partial charge in [-0.15, -0.1) is 0 Å². The molecule has 0 saturated heterocycles. The number of hydrogen-bond acceptors (Lipinski definition) is 3. The van der Waals surface area contributed by atoms with Gasteiger partial charge in [0.1, 0.15) is 5.69 Å². The minimum atomic E-state index is -3.22. The van der Waals surface area contributed by atoms with Gasteiger partial charge >= 0.3 is 12.3 Å². The number of nitrogens with one attached hydrogen (secondary N) is 2. The van der Waals surface area contributed by atoms with Gasteiger partial charge in [0.05, 0.1) is 11.2 Å². The van der Waals surface area contributed by atoms with Crippen LogP contribution in [0, 0.1) is 0 Å². The van der Waals surface area contributed by atoms with Crippen LogP contribution in [0.25, 0.3) is 5.65 Å². The third-order valence-corrected chi connectivity index (χ3v) is 2.97. The van der Waals surface area contributed by atoms with Gasteiger partial charge in [0.15, 0.2) is 5.65 Å². The summed E-state index contributed by atoms with van der Waals surface area (Å²) in [6.07, 6.45) is -0.490. The molecule has 0 aliphatic rings. The molecule has 0 aliphatic heterocycles. The molecule has 0 bridgehead atoms. The van der Waals surface area contributed by atoms with Crippen LogP contribution in [0.1, 0.15) is 10.5 Å². The van der Waals surface area contributed by atoms with E-state index in [9.17, 15) is 18.4 Å². The summed E-state index contributed by atoms with van der Waals surface area (Å²) in [4.78, 5) is 26.4. The lowest BCUT2D eigenvalue weighted by molar-refractivity contribution is -0.132. The summed E-state index contributed by atoms with van der Waals surface area (Å²) in [6.45, 7) is 0. The molecule has 0 fully saturated rings. The molecule has 6 nitrogen and oxygen atoms in total. The van der Waals surface area contributed by atoms with E-state index < -0.39 is 18.2 Å². The molecule has 10 heteroatoms. The van der Waals surface area contributed by atoms with Crippen LogP contribution in [0.4, 0.5) is 8.78 Å². The maximum atomic E-state index is 12.0. The summed E-state index contributed by atoms with van der Waals surface area (Å²) in [7, 11) is 0. The van der Waals surface area contributed by atoms with Crippen LogP contribution in [0.3, 0.4) is 0 Å². The second-order valence-corrected chi connectivity index (χ2v) is 4.91. The molecular weight excluding hydrogens is 361 g/mol. The van der Waals surface area contributed by atoms with Crippen LogP contribution in [0.5, 0.6) is 0 Å². The molecule has 0 aromatic carbocycles. The Morgan fingerprint density at radius 2 is 2.10 bits per heavy atom. The highest BCUT2D eigenvalue weighted by molar-refractivity contribution is 9.10. The van der Waals surface area contributed by atoms with E-state index in [-0.39, 0.29) is 5.69 Å². The minimum Gasteiger partial charge on any atom is -0.293 e. The average Bonchev–Trinajstić information content (AvgIpc) is 2.79. The topological polar surface area (TPSA) is 75.5 Å². The summed E-state index contributed by atoms with van der Waals surface area (Å²) in [5.41, 5.74) is 3.79. The summed E-state index contributed by atoms with van der Waals surface area (Å²) >= 11 is 9.13. The summed E-state index contributed by atoms with van der Waals surface area (Å²) < 4.78 is 25.9. The molecule has 2 heterocycles. The number of amides is 2. The van der Waals surface area contributed by atoms with Crippen molar-refractivity contribution in [2.24, 2.45) is 0 Å². The fourth-order valence-corrected chi connectivity index (χ4v) is 2.24. The Bertz CT molecular complexity index is 691. The highest BCUT2D eigenvalue weighted by Crippen LogP contribution is 2.22. The number of nitrogens with zero attached hydrogens (tertiary/aromatic N) is 2. The van der Waals surface area contributed by atoms with Crippen molar-refractivity contribution in [3.63, 3.8) is 0 Å². The number of carbonyl (C=O) groups excluding carboxylic acids is 2. The molecule has 2 amide bonds. The van der Waals surface area contributed by atoms with Crippen LogP contribution in [0.15, 0.2) is 22.9 Å². The SMILES string of the molecule is O=C(NNC(=O)C(F)F)c1cnc2c(Cl)cc(Br)cn12. The van der Waals surface area contributed by atoms with Gasteiger partial charge in [0, 0.05) is 10.7 Å². The number of carbonyl (C=O) groups is 2. The minimum absolute atomic E-state index is 0.0257. The van der Waals surface area contributed by atoms with E-state index in [1.807, 2.05) is 5.43 Å². The zero-order valence-electron chi connectivity index (χ0n) is 9.53. The number of pyridine rings is 1. The van der Waals surface area contributed by atoms with E-state index in [2.05, 4.69) is 20.9 Å². The van der Waals surface area contributed by atoms with Gasteiger partial charge in [-0.1, -0.05) is 11.6 Å². The first-order valence-electron chi connectivity index (χ1n) is 5.10. The molecule has 0 saturated carbocycles. The van der Waals surface area contributed by atoms with Crippen molar-refractivity contribution in [1.29, 1.82) is 0 Å². The number of aromatic nitrogens is 2. The zero-order chi connectivity index (χ0) is 14.9. The maximum Gasteiger partial charge on any atom is 0.317 e. The highest BCUT2D eigenvalue weighted by Gasteiger charge is 2.18. The molecule has 2 rings (SSSR count). The van der Waals surface area contributed by atoms with E-state index in [4.69, 9.17) is 11.6 Å². The average molecular weight is 368 g/mol. The first-order valence-corrected chi connectivity index (χ1v) is 6.27. The Labute approximate surface area is 124 Å². The van der Waals surface area contributed by atoms with Gasteiger partial charge in [0.2, 0.25) is 0 Å². The standard InChI is InChI=1S/C10H6BrClF2N4O2/c11-4-1-5(12)8-15-2-6(18(8)3-4)9(19)16-17-10(20)7(13)14/h1-3,7H,(H,16,19)(H,17,20). The molecule has 2 N–H and O–H groups in total. The smallest absolute Gasteiger partial charge is 0.293 e. The molecule has 0 atom stereocenters. The molecule has 2 aromatic rings. The van der Waals surface area contributed by atoms with Crippen molar-refractivity contribution in [3.05, 3.63) is 33.6 Å². The first-order chi connectivity index (χ1) is 9.40. The second-order valence-electron chi connectivity index (χ2n) is 3.59. The molecule has 106 valence electrons. The van der Waals surface area contributed by atoms with Crippen molar-refractivity contribution < 1.29 is 18.4 Å². The van der Waals surface area contributed by atoms with Gasteiger partial charge in [-0.2, -0.15) is 8.78 Å². The molecular formula is C10H6BrClF2N4O2. The van der Waals surface area contributed by atoms with Crippen LogP contribution in [-0.2, 0) is 4.79 Å². The Kier molecular flexibility index (Phi) is 4.19. The Morgan fingerprint density at radius 3 is 2.75 bits per heavy atom. The zero-order valence-corrected chi connectivity index (χ0v) is 11.9. The maximum absolute atomic E-state index is 12.0. The Hall–Kier alpha value is -1.74. The van der Waals surface area contributed by atoms with Crippen LogP contribution in [0.2, 0.25) is 5.02 Å². The monoisotopic (exact) mass is 366 g/mol. The van der Waals surface area contributed by atoms with Crippen LogP contribution in [-0.4, -0.2) is 27.6 Å². The fourth-order valence-electron chi connectivity index (χ4n) is 1.42. The van der Waals surface area contributed by atoms with Gasteiger partial charge in [0.25, 0.3) is 5.91 Å².